The summed E-state index contributed by atoms with van der Waals surface area (Å²) in [6.07, 6.45) is 4.10. The first-order valence-electron chi connectivity index (χ1n) is 13.3. The van der Waals surface area contributed by atoms with Gasteiger partial charge in [-0.3, -0.25) is 14.4 Å². The van der Waals surface area contributed by atoms with Gasteiger partial charge in [0.15, 0.2) is 29.7 Å². The summed E-state index contributed by atoms with van der Waals surface area (Å²) in [7, 11) is 3.46. The number of Topliss-reactive ketones (excluding diaryl/α,β-unsaturated/α-hetero) is 2. The largest absolute Gasteiger partial charge is 0.493 e. The molecule has 2 aromatic carbocycles. The van der Waals surface area contributed by atoms with E-state index in [-0.39, 0.29) is 34.9 Å². The molecule has 39 heavy (non-hydrogen) atoms. The Hall–Kier alpha value is -3.58. The van der Waals surface area contributed by atoms with Gasteiger partial charge < -0.3 is 19.7 Å². The molecule has 5 rings (SSSR count). The minimum Gasteiger partial charge on any atom is -0.493 e. The number of halogens is 1. The van der Waals surface area contributed by atoms with Gasteiger partial charge in [-0.25, -0.2) is 0 Å². The molecule has 0 saturated carbocycles. The molecule has 0 aromatic heterocycles. The summed E-state index contributed by atoms with van der Waals surface area (Å²) in [4.78, 5) is 41.3. The highest BCUT2D eigenvalue weighted by Crippen LogP contribution is 2.50. The fraction of sp³-hybridized carbons (Fsp3) is 0.387. The van der Waals surface area contributed by atoms with Crippen molar-refractivity contribution in [2.75, 3.05) is 26.1 Å². The summed E-state index contributed by atoms with van der Waals surface area (Å²) in [6.45, 7) is 3.67. The molecule has 1 heterocycles. The van der Waals surface area contributed by atoms with E-state index in [0.717, 1.165) is 53.9 Å². The maximum Gasteiger partial charge on any atom is 0.262 e. The Morgan fingerprint density at radius 2 is 1.67 bits per heavy atom. The lowest BCUT2D eigenvalue weighted by molar-refractivity contribution is -0.118. The van der Waals surface area contributed by atoms with Gasteiger partial charge in [-0.2, -0.15) is 0 Å². The summed E-state index contributed by atoms with van der Waals surface area (Å²) in [6, 6.07) is 9.22. The molecular weight excluding hydrogens is 516 g/mol. The Bertz CT molecular complexity index is 1400. The molecule has 8 heteroatoms. The molecule has 0 atom stereocenters. The molecular formula is C31H33ClN2O5. The number of benzene rings is 2. The number of carbonyl (C=O) groups excluding carboxylic acids is 3. The molecule has 0 radical (unpaired) electrons. The second-order valence-electron chi connectivity index (χ2n) is 10.4. The maximum absolute atomic E-state index is 13.3. The van der Waals surface area contributed by atoms with E-state index < -0.39 is 5.92 Å². The van der Waals surface area contributed by atoms with Crippen LogP contribution in [0.1, 0.15) is 61.1 Å². The SMILES string of the molecule is COc1cc(C2C3=C(CCCC3=O)N(C)C3=C2C(=O)CCC3)cc(Cl)c1OCC(=O)Nc1cccc(C)c1C. The van der Waals surface area contributed by atoms with E-state index in [0.29, 0.717) is 35.3 Å². The van der Waals surface area contributed by atoms with Crippen molar-refractivity contribution in [3.05, 3.63) is 74.6 Å². The van der Waals surface area contributed by atoms with Crippen molar-refractivity contribution in [3.63, 3.8) is 0 Å². The average molecular weight is 549 g/mol. The quantitative estimate of drug-likeness (QED) is 0.475. The topological polar surface area (TPSA) is 84.9 Å². The lowest BCUT2D eigenvalue weighted by Crippen LogP contribution is -2.37. The van der Waals surface area contributed by atoms with Gasteiger partial charge in [-0.1, -0.05) is 23.7 Å². The van der Waals surface area contributed by atoms with E-state index in [1.165, 1.54) is 7.11 Å². The van der Waals surface area contributed by atoms with Gasteiger partial charge >= 0.3 is 0 Å². The number of amides is 1. The third-order valence-electron chi connectivity index (χ3n) is 8.06. The molecule has 2 aromatic rings. The molecule has 0 spiro atoms. The summed E-state index contributed by atoms with van der Waals surface area (Å²) < 4.78 is 11.5. The fourth-order valence-electron chi connectivity index (χ4n) is 5.94. The van der Waals surface area contributed by atoms with Gasteiger partial charge in [-0.15, -0.1) is 0 Å². The van der Waals surface area contributed by atoms with Gasteiger partial charge in [0, 0.05) is 54.0 Å². The van der Waals surface area contributed by atoms with Crippen LogP contribution >= 0.6 is 11.6 Å². The van der Waals surface area contributed by atoms with Crippen molar-refractivity contribution in [2.45, 2.75) is 58.3 Å². The van der Waals surface area contributed by atoms with Gasteiger partial charge in [0.2, 0.25) is 0 Å². The molecule has 1 N–H and O–H groups in total. The van der Waals surface area contributed by atoms with Crippen molar-refractivity contribution in [3.8, 4) is 11.5 Å². The van der Waals surface area contributed by atoms with E-state index in [9.17, 15) is 14.4 Å². The van der Waals surface area contributed by atoms with Crippen molar-refractivity contribution in [1.29, 1.82) is 0 Å². The fourth-order valence-corrected chi connectivity index (χ4v) is 6.22. The van der Waals surface area contributed by atoms with Gasteiger partial charge in [0.1, 0.15) is 0 Å². The van der Waals surface area contributed by atoms with E-state index in [1.54, 1.807) is 12.1 Å². The number of ether oxygens (including phenoxy) is 2. The van der Waals surface area contributed by atoms with Gasteiger partial charge in [0.05, 0.1) is 12.1 Å². The van der Waals surface area contributed by atoms with Crippen LogP contribution in [-0.4, -0.2) is 43.1 Å². The monoisotopic (exact) mass is 548 g/mol. The first-order chi connectivity index (χ1) is 18.7. The lowest BCUT2D eigenvalue weighted by atomic mass is 9.71. The van der Waals surface area contributed by atoms with Gasteiger partial charge in [-0.05, 0) is 74.4 Å². The number of rotatable bonds is 6. The molecule has 7 nitrogen and oxygen atoms in total. The molecule has 204 valence electrons. The van der Waals surface area contributed by atoms with Crippen molar-refractivity contribution in [2.24, 2.45) is 0 Å². The van der Waals surface area contributed by atoms with E-state index >= 15 is 0 Å². The Morgan fingerprint density at radius 1 is 1.03 bits per heavy atom. The molecule has 1 aliphatic heterocycles. The summed E-state index contributed by atoms with van der Waals surface area (Å²) in [5.74, 6) is -0.119. The number of anilines is 1. The van der Waals surface area contributed by atoms with Crippen LogP contribution in [0.3, 0.4) is 0 Å². The molecule has 3 aliphatic rings. The zero-order chi connectivity index (χ0) is 27.8. The third-order valence-corrected chi connectivity index (χ3v) is 8.34. The number of aryl methyl sites for hydroxylation is 1. The molecule has 0 bridgehead atoms. The number of allylic oxidation sites excluding steroid dienone is 4. The maximum atomic E-state index is 13.3. The number of ketones is 2. The van der Waals surface area contributed by atoms with Crippen LogP contribution in [0.25, 0.3) is 0 Å². The summed E-state index contributed by atoms with van der Waals surface area (Å²) in [5, 5.41) is 3.13. The number of carbonyl (C=O) groups is 3. The predicted octanol–water partition coefficient (Wildman–Crippen LogP) is 6.03. The van der Waals surface area contributed by atoms with Crippen LogP contribution in [0.5, 0.6) is 11.5 Å². The van der Waals surface area contributed by atoms with Crippen LogP contribution in [0.15, 0.2) is 52.9 Å². The third kappa shape index (κ3) is 4.96. The van der Waals surface area contributed by atoms with Crippen LogP contribution in [0.4, 0.5) is 5.69 Å². The minimum atomic E-state index is -0.500. The first-order valence-corrected chi connectivity index (χ1v) is 13.7. The van der Waals surface area contributed by atoms with E-state index in [4.69, 9.17) is 21.1 Å². The predicted molar refractivity (Wildman–Crippen MR) is 150 cm³/mol. The van der Waals surface area contributed by atoms with Crippen molar-refractivity contribution < 1.29 is 23.9 Å². The Balaban J connectivity index is 1.47. The molecule has 0 saturated heterocycles. The second kappa shape index (κ2) is 10.9. The Labute approximate surface area is 233 Å². The second-order valence-corrected chi connectivity index (χ2v) is 10.8. The standard InChI is InChI=1S/C31H33ClN2O5/c1-17-8-5-9-21(18(17)2)33-27(37)16-39-31-20(32)14-19(15-26(31)38-4)28-29-22(10-6-12-24(29)35)34(3)23-11-7-13-25(36)30(23)28/h5,8-9,14-15,28H,6-7,10-13,16H2,1-4H3,(H,33,37). The average Bonchev–Trinajstić information content (AvgIpc) is 2.91. The number of nitrogens with one attached hydrogen (secondary N) is 1. The number of hydrogen-bond acceptors (Lipinski definition) is 6. The van der Waals surface area contributed by atoms with Crippen LogP contribution in [0, 0.1) is 13.8 Å². The zero-order valence-electron chi connectivity index (χ0n) is 22.8. The van der Waals surface area contributed by atoms with Crippen LogP contribution < -0.4 is 14.8 Å². The number of nitrogens with zero attached hydrogens (tertiary/aromatic N) is 1. The zero-order valence-corrected chi connectivity index (χ0v) is 23.5. The summed E-state index contributed by atoms with van der Waals surface area (Å²) in [5.41, 5.74) is 6.83. The van der Waals surface area contributed by atoms with Crippen LogP contribution in [-0.2, 0) is 14.4 Å². The molecule has 2 aliphatic carbocycles. The highest BCUT2D eigenvalue weighted by Gasteiger charge is 2.42. The number of hydrogen-bond donors (Lipinski definition) is 1. The van der Waals surface area contributed by atoms with Crippen LogP contribution in [0.2, 0.25) is 5.02 Å². The normalized spacial score (nSPS) is 17.7. The van der Waals surface area contributed by atoms with Gasteiger partial charge in [0.25, 0.3) is 5.91 Å². The molecule has 0 unspecified atom stereocenters. The Morgan fingerprint density at radius 3 is 2.28 bits per heavy atom. The van der Waals surface area contributed by atoms with E-state index in [1.807, 2.05) is 39.1 Å². The minimum absolute atomic E-state index is 0.0663. The van der Waals surface area contributed by atoms with E-state index in [2.05, 4.69) is 10.2 Å². The summed E-state index contributed by atoms with van der Waals surface area (Å²) >= 11 is 6.72. The molecule has 0 fully saturated rings. The Kier molecular flexibility index (Phi) is 7.54. The smallest absolute Gasteiger partial charge is 0.262 e. The highest BCUT2D eigenvalue weighted by molar-refractivity contribution is 6.32. The van der Waals surface area contributed by atoms with Crippen molar-refractivity contribution in [1.82, 2.24) is 4.90 Å². The lowest BCUT2D eigenvalue weighted by Gasteiger charge is -2.42. The number of methoxy groups -OCH3 is 1. The highest BCUT2D eigenvalue weighted by atomic mass is 35.5. The molecule has 1 amide bonds. The first kappa shape index (κ1) is 27.0. The van der Waals surface area contributed by atoms with Crippen molar-refractivity contribution >= 4 is 34.8 Å².